The Morgan fingerprint density at radius 3 is 2.25 bits per heavy atom. The van der Waals surface area contributed by atoms with Gasteiger partial charge in [-0.25, -0.2) is 0 Å². The van der Waals surface area contributed by atoms with Crippen LogP contribution in [0.15, 0.2) is 0 Å². The van der Waals surface area contributed by atoms with E-state index in [9.17, 15) is 0 Å². The summed E-state index contributed by atoms with van der Waals surface area (Å²) in [6, 6.07) is 1.44. The molecule has 0 aromatic rings. The molecule has 0 aromatic carbocycles. The van der Waals surface area contributed by atoms with Crippen molar-refractivity contribution >= 4 is 0 Å². The van der Waals surface area contributed by atoms with Crippen LogP contribution >= 0.6 is 0 Å². The van der Waals surface area contributed by atoms with E-state index in [0.717, 1.165) is 17.9 Å². The highest BCUT2D eigenvalue weighted by molar-refractivity contribution is 4.89. The molecule has 96 valence electrons. The number of hydrogen-bond acceptors (Lipinski definition) is 2. The van der Waals surface area contributed by atoms with E-state index in [1.54, 1.807) is 0 Å². The predicted molar refractivity (Wildman–Crippen MR) is 71.7 cm³/mol. The van der Waals surface area contributed by atoms with Crippen LogP contribution in [0.2, 0.25) is 0 Å². The fourth-order valence-electron chi connectivity index (χ4n) is 2.72. The molecule has 4 atom stereocenters. The van der Waals surface area contributed by atoms with Gasteiger partial charge < -0.3 is 5.32 Å². The Labute approximate surface area is 102 Å². The first-order valence-corrected chi connectivity index (χ1v) is 7.11. The highest BCUT2D eigenvalue weighted by Crippen LogP contribution is 2.21. The Hall–Kier alpha value is -0.0800. The Balaban J connectivity index is 2.56. The third-order valence-electron chi connectivity index (χ3n) is 4.53. The van der Waals surface area contributed by atoms with Gasteiger partial charge in [0.25, 0.3) is 0 Å². The molecule has 2 nitrogen and oxygen atoms in total. The molecule has 4 unspecified atom stereocenters. The summed E-state index contributed by atoms with van der Waals surface area (Å²) >= 11 is 0. The molecule has 1 heterocycles. The van der Waals surface area contributed by atoms with Crippen molar-refractivity contribution < 1.29 is 0 Å². The number of rotatable bonds is 5. The summed E-state index contributed by atoms with van der Waals surface area (Å²) in [7, 11) is 0. The van der Waals surface area contributed by atoms with Gasteiger partial charge in [-0.05, 0) is 18.4 Å². The van der Waals surface area contributed by atoms with Crippen LogP contribution in [0.4, 0.5) is 0 Å². The molecule has 1 N–H and O–H groups in total. The van der Waals surface area contributed by atoms with Crippen molar-refractivity contribution in [3.05, 3.63) is 0 Å². The normalized spacial score (nSPS) is 31.3. The highest BCUT2D eigenvalue weighted by atomic mass is 15.2. The van der Waals surface area contributed by atoms with E-state index in [1.165, 1.54) is 32.5 Å². The highest BCUT2D eigenvalue weighted by Gasteiger charge is 2.31. The summed E-state index contributed by atoms with van der Waals surface area (Å²) in [6.45, 7) is 15.3. The number of nitrogens with zero attached hydrogens (tertiary/aromatic N) is 1. The third-order valence-corrected chi connectivity index (χ3v) is 4.53. The lowest BCUT2D eigenvalue weighted by Crippen LogP contribution is -2.59. The van der Waals surface area contributed by atoms with Gasteiger partial charge >= 0.3 is 0 Å². The zero-order valence-electron chi connectivity index (χ0n) is 11.8. The molecule has 1 saturated heterocycles. The second kappa shape index (κ2) is 6.61. The maximum Gasteiger partial charge on any atom is 0.0246 e. The smallest absolute Gasteiger partial charge is 0.0246 e. The molecule has 0 aromatic heterocycles. The third kappa shape index (κ3) is 3.21. The first-order valence-electron chi connectivity index (χ1n) is 7.11. The van der Waals surface area contributed by atoms with Crippen molar-refractivity contribution in [3.8, 4) is 0 Å². The minimum atomic E-state index is 0.699. The Morgan fingerprint density at radius 1 is 1.12 bits per heavy atom. The molecule has 0 spiro atoms. The van der Waals surface area contributed by atoms with Crippen LogP contribution in [0, 0.1) is 11.8 Å². The summed E-state index contributed by atoms with van der Waals surface area (Å²) in [4.78, 5) is 2.68. The first kappa shape index (κ1) is 14.0. The van der Waals surface area contributed by atoms with Gasteiger partial charge in [-0.1, -0.05) is 47.5 Å². The zero-order chi connectivity index (χ0) is 12.1. The molecule has 1 aliphatic rings. The van der Waals surface area contributed by atoms with Crippen LogP contribution in [0.3, 0.4) is 0 Å². The molecule has 1 rings (SSSR count). The standard InChI is InChI=1S/C14H30N2/c1-6-11(4)13-10-16(8-3)14(9-15-13)12(5)7-2/h11-15H,6-10H2,1-5H3. The van der Waals surface area contributed by atoms with E-state index in [1.807, 2.05) is 0 Å². The molecule has 16 heavy (non-hydrogen) atoms. The SMILES string of the molecule is CCC(C)C1CN(CC)C(C(C)CC)CN1. The molecule has 2 heteroatoms. The van der Waals surface area contributed by atoms with Crippen molar-refractivity contribution in [2.24, 2.45) is 11.8 Å². The number of piperazine rings is 1. The number of likely N-dealkylation sites (N-methyl/N-ethyl adjacent to an activating group) is 1. The lowest BCUT2D eigenvalue weighted by Gasteiger charge is -2.44. The minimum absolute atomic E-state index is 0.699. The number of nitrogens with one attached hydrogen (secondary N) is 1. The minimum Gasteiger partial charge on any atom is -0.311 e. The Kier molecular flexibility index (Phi) is 5.77. The molecule has 0 saturated carbocycles. The van der Waals surface area contributed by atoms with Crippen LogP contribution in [0.5, 0.6) is 0 Å². The molecule has 0 aliphatic carbocycles. The number of hydrogen-bond donors (Lipinski definition) is 1. The predicted octanol–water partition coefficient (Wildman–Crippen LogP) is 2.74. The van der Waals surface area contributed by atoms with Crippen molar-refractivity contribution in [1.29, 1.82) is 0 Å². The van der Waals surface area contributed by atoms with Crippen LogP contribution in [0.25, 0.3) is 0 Å². The van der Waals surface area contributed by atoms with Gasteiger partial charge in [-0.3, -0.25) is 4.90 Å². The zero-order valence-corrected chi connectivity index (χ0v) is 11.8. The summed E-state index contributed by atoms with van der Waals surface area (Å²) in [5.41, 5.74) is 0. The van der Waals surface area contributed by atoms with E-state index in [0.29, 0.717) is 6.04 Å². The van der Waals surface area contributed by atoms with Crippen LogP contribution in [0.1, 0.15) is 47.5 Å². The van der Waals surface area contributed by atoms with Crippen molar-refractivity contribution in [2.45, 2.75) is 59.5 Å². The fraction of sp³-hybridized carbons (Fsp3) is 1.00. The maximum atomic E-state index is 3.76. The average Bonchev–Trinajstić information content (AvgIpc) is 2.35. The molecule has 0 amide bonds. The van der Waals surface area contributed by atoms with Gasteiger partial charge in [0.1, 0.15) is 0 Å². The van der Waals surface area contributed by atoms with Gasteiger partial charge in [-0.15, -0.1) is 0 Å². The summed E-state index contributed by atoms with van der Waals surface area (Å²) in [5.74, 6) is 1.61. The van der Waals surface area contributed by atoms with E-state index in [4.69, 9.17) is 0 Å². The lowest BCUT2D eigenvalue weighted by molar-refractivity contribution is 0.0811. The molecular weight excluding hydrogens is 196 g/mol. The molecule has 0 bridgehead atoms. The second-order valence-electron chi connectivity index (χ2n) is 5.44. The van der Waals surface area contributed by atoms with Gasteiger partial charge in [0, 0.05) is 25.2 Å². The van der Waals surface area contributed by atoms with E-state index < -0.39 is 0 Å². The van der Waals surface area contributed by atoms with E-state index in [2.05, 4.69) is 44.8 Å². The maximum absolute atomic E-state index is 3.76. The molecular formula is C14H30N2. The lowest BCUT2D eigenvalue weighted by atomic mass is 9.90. The van der Waals surface area contributed by atoms with Gasteiger partial charge in [-0.2, -0.15) is 0 Å². The average molecular weight is 226 g/mol. The Morgan fingerprint density at radius 2 is 1.75 bits per heavy atom. The van der Waals surface area contributed by atoms with Crippen LogP contribution in [-0.4, -0.2) is 36.6 Å². The molecule has 1 aliphatic heterocycles. The summed E-state index contributed by atoms with van der Waals surface area (Å²) in [6.07, 6.45) is 2.57. The topological polar surface area (TPSA) is 15.3 Å². The van der Waals surface area contributed by atoms with E-state index in [-0.39, 0.29) is 0 Å². The molecule has 0 radical (unpaired) electrons. The van der Waals surface area contributed by atoms with Gasteiger partial charge in [0.2, 0.25) is 0 Å². The van der Waals surface area contributed by atoms with Crippen molar-refractivity contribution in [2.75, 3.05) is 19.6 Å². The van der Waals surface area contributed by atoms with Gasteiger partial charge in [0.15, 0.2) is 0 Å². The molecule has 1 fully saturated rings. The van der Waals surface area contributed by atoms with Crippen LogP contribution in [-0.2, 0) is 0 Å². The monoisotopic (exact) mass is 226 g/mol. The van der Waals surface area contributed by atoms with Crippen molar-refractivity contribution in [1.82, 2.24) is 10.2 Å². The summed E-state index contributed by atoms with van der Waals surface area (Å²) < 4.78 is 0. The second-order valence-corrected chi connectivity index (χ2v) is 5.44. The quantitative estimate of drug-likeness (QED) is 0.775. The largest absolute Gasteiger partial charge is 0.311 e. The van der Waals surface area contributed by atoms with Crippen molar-refractivity contribution in [3.63, 3.8) is 0 Å². The van der Waals surface area contributed by atoms with Gasteiger partial charge in [0.05, 0.1) is 0 Å². The van der Waals surface area contributed by atoms with E-state index >= 15 is 0 Å². The summed E-state index contributed by atoms with van der Waals surface area (Å²) in [5, 5.41) is 3.76. The first-order chi connectivity index (χ1) is 7.63. The van der Waals surface area contributed by atoms with Crippen LogP contribution < -0.4 is 5.32 Å². The fourth-order valence-corrected chi connectivity index (χ4v) is 2.72. The Bertz CT molecular complexity index is 193.